The van der Waals surface area contributed by atoms with Gasteiger partial charge in [0, 0.05) is 5.82 Å². The fourth-order valence-electron chi connectivity index (χ4n) is 3.19. The summed E-state index contributed by atoms with van der Waals surface area (Å²) < 4.78 is 12.4. The normalized spacial score (nSPS) is 29.7. The minimum Gasteiger partial charge on any atom is -0.403 e. The van der Waals surface area contributed by atoms with Crippen LogP contribution in [-0.2, 0) is 14.7 Å². The molecule has 120 valence electrons. The summed E-state index contributed by atoms with van der Waals surface area (Å²) in [6.45, 7) is 15.3. The van der Waals surface area contributed by atoms with E-state index in [4.69, 9.17) is 9.31 Å². The third-order valence-corrected chi connectivity index (χ3v) is 5.67. The van der Waals surface area contributed by atoms with Gasteiger partial charge in [0.1, 0.15) is 0 Å². The smallest absolute Gasteiger partial charge is 0.403 e. The van der Waals surface area contributed by atoms with Crippen molar-refractivity contribution in [3.05, 3.63) is 35.4 Å². The summed E-state index contributed by atoms with van der Waals surface area (Å²) in [4.78, 5) is 0. The van der Waals surface area contributed by atoms with Crippen LogP contribution in [0.4, 0.5) is 0 Å². The molecule has 1 heterocycles. The first kappa shape index (κ1) is 16.1. The molecule has 1 aromatic carbocycles. The zero-order valence-electron chi connectivity index (χ0n) is 15.1. The molecule has 2 nitrogen and oxygen atoms in total. The van der Waals surface area contributed by atoms with Crippen molar-refractivity contribution < 1.29 is 9.31 Å². The molecule has 2 aliphatic rings. The Labute approximate surface area is 135 Å². The largest absolute Gasteiger partial charge is 0.461 e. The molecule has 1 saturated carbocycles. The number of benzene rings is 1. The van der Waals surface area contributed by atoms with E-state index in [1.807, 2.05) is 0 Å². The van der Waals surface area contributed by atoms with E-state index in [0.717, 1.165) is 0 Å². The van der Waals surface area contributed by atoms with Crippen LogP contribution in [-0.4, -0.2) is 18.3 Å². The van der Waals surface area contributed by atoms with Gasteiger partial charge in [0.05, 0.1) is 11.2 Å². The topological polar surface area (TPSA) is 18.5 Å². The second-order valence-electron chi connectivity index (χ2n) is 9.00. The number of hydrogen-bond acceptors (Lipinski definition) is 2. The van der Waals surface area contributed by atoms with Crippen LogP contribution in [0.5, 0.6) is 0 Å². The average Bonchev–Trinajstić information content (AvgIpc) is 3.12. The highest BCUT2D eigenvalue weighted by Crippen LogP contribution is 2.58. The van der Waals surface area contributed by atoms with Crippen LogP contribution < -0.4 is 0 Å². The number of rotatable bonds is 2. The third kappa shape index (κ3) is 2.74. The van der Waals surface area contributed by atoms with Crippen molar-refractivity contribution in [3.8, 4) is 0 Å². The van der Waals surface area contributed by atoms with Gasteiger partial charge >= 0.3 is 7.12 Å². The van der Waals surface area contributed by atoms with Gasteiger partial charge in [-0.25, -0.2) is 0 Å². The molecule has 0 N–H and O–H groups in total. The minimum atomic E-state index is -0.221. The molecule has 0 spiro atoms. The SMILES string of the molecule is CC(C)(C)c1ccc([C@@H]2C[C@H]2B2OC(C)(C)C(C)(C)O2)cc1. The van der Waals surface area contributed by atoms with Crippen molar-refractivity contribution in [1.29, 1.82) is 0 Å². The highest BCUT2D eigenvalue weighted by Gasteiger charge is 2.59. The number of hydrogen-bond donors (Lipinski definition) is 0. The molecule has 0 aromatic heterocycles. The molecule has 0 bridgehead atoms. The summed E-state index contributed by atoms with van der Waals surface area (Å²) in [5.74, 6) is 1.09. The van der Waals surface area contributed by atoms with Gasteiger partial charge in [0.25, 0.3) is 0 Å². The van der Waals surface area contributed by atoms with Crippen LogP contribution in [0.15, 0.2) is 24.3 Å². The van der Waals surface area contributed by atoms with E-state index in [2.05, 4.69) is 72.7 Å². The fourth-order valence-corrected chi connectivity index (χ4v) is 3.19. The average molecular weight is 300 g/mol. The molecule has 0 radical (unpaired) electrons. The van der Waals surface area contributed by atoms with Crippen molar-refractivity contribution in [1.82, 2.24) is 0 Å². The van der Waals surface area contributed by atoms with E-state index < -0.39 is 0 Å². The summed E-state index contributed by atoms with van der Waals surface area (Å²) in [5.41, 5.74) is 2.59. The van der Waals surface area contributed by atoms with E-state index in [1.165, 1.54) is 17.5 Å². The lowest BCUT2D eigenvalue weighted by atomic mass is 9.79. The molecule has 3 heteroatoms. The lowest BCUT2D eigenvalue weighted by Gasteiger charge is -2.32. The first-order valence-corrected chi connectivity index (χ1v) is 8.47. The summed E-state index contributed by atoms with van der Waals surface area (Å²) in [5, 5.41) is 0. The Bertz CT molecular complexity index is 538. The Morgan fingerprint density at radius 2 is 1.45 bits per heavy atom. The molecular weight excluding hydrogens is 271 g/mol. The van der Waals surface area contributed by atoms with Crippen LogP contribution in [0.2, 0.25) is 5.82 Å². The fraction of sp³-hybridized carbons (Fsp3) is 0.684. The van der Waals surface area contributed by atoms with E-state index in [0.29, 0.717) is 11.7 Å². The van der Waals surface area contributed by atoms with Crippen molar-refractivity contribution in [2.45, 2.75) is 83.2 Å². The van der Waals surface area contributed by atoms with Crippen LogP contribution in [0.1, 0.15) is 71.9 Å². The molecule has 1 saturated heterocycles. The molecular formula is C19H29BO2. The highest BCUT2D eigenvalue weighted by molar-refractivity contribution is 6.49. The van der Waals surface area contributed by atoms with Crippen LogP contribution in [0, 0.1) is 0 Å². The molecule has 0 amide bonds. The van der Waals surface area contributed by atoms with Crippen LogP contribution in [0.3, 0.4) is 0 Å². The molecule has 2 fully saturated rings. The Hall–Kier alpha value is -0.795. The molecule has 1 aliphatic carbocycles. The summed E-state index contributed by atoms with van der Waals surface area (Å²) in [7, 11) is -0.0581. The molecule has 1 aliphatic heterocycles. The Morgan fingerprint density at radius 1 is 0.955 bits per heavy atom. The van der Waals surface area contributed by atoms with Gasteiger partial charge in [-0.3, -0.25) is 0 Å². The Balaban J connectivity index is 1.68. The lowest BCUT2D eigenvalue weighted by molar-refractivity contribution is 0.00578. The quantitative estimate of drug-likeness (QED) is 0.721. The van der Waals surface area contributed by atoms with Crippen molar-refractivity contribution in [2.24, 2.45) is 0 Å². The standard InChI is InChI=1S/C19H29BO2/c1-17(2,3)14-10-8-13(9-11-14)15-12-16(15)20-21-18(4,5)19(6,7)22-20/h8-11,15-16H,12H2,1-7H3/t15-,16+/m0/s1. The second kappa shape index (κ2) is 4.85. The Kier molecular flexibility index (Phi) is 3.54. The predicted molar refractivity (Wildman–Crippen MR) is 92.3 cm³/mol. The van der Waals surface area contributed by atoms with Crippen LogP contribution >= 0.6 is 0 Å². The van der Waals surface area contributed by atoms with E-state index in [1.54, 1.807) is 0 Å². The van der Waals surface area contributed by atoms with Gasteiger partial charge < -0.3 is 9.31 Å². The van der Waals surface area contributed by atoms with Crippen molar-refractivity contribution >= 4 is 7.12 Å². The van der Waals surface area contributed by atoms with Gasteiger partial charge in [-0.05, 0) is 56.6 Å². The molecule has 0 unspecified atom stereocenters. The zero-order chi connectivity index (χ0) is 16.3. The maximum absolute atomic E-state index is 6.20. The van der Waals surface area contributed by atoms with Gasteiger partial charge in [-0.1, -0.05) is 45.0 Å². The highest BCUT2D eigenvalue weighted by atomic mass is 16.7. The molecule has 1 aromatic rings. The van der Waals surface area contributed by atoms with Gasteiger partial charge in [0.2, 0.25) is 0 Å². The van der Waals surface area contributed by atoms with E-state index >= 15 is 0 Å². The van der Waals surface area contributed by atoms with E-state index in [9.17, 15) is 0 Å². The summed E-state index contributed by atoms with van der Waals surface area (Å²) in [6, 6.07) is 9.12. The Morgan fingerprint density at radius 3 is 1.91 bits per heavy atom. The minimum absolute atomic E-state index is 0.0581. The lowest BCUT2D eigenvalue weighted by Crippen LogP contribution is -2.41. The molecule has 3 rings (SSSR count). The third-order valence-electron chi connectivity index (χ3n) is 5.67. The summed E-state index contributed by atoms with van der Waals surface area (Å²) >= 11 is 0. The maximum atomic E-state index is 6.20. The second-order valence-corrected chi connectivity index (χ2v) is 9.00. The van der Waals surface area contributed by atoms with Crippen LogP contribution in [0.25, 0.3) is 0 Å². The predicted octanol–water partition coefficient (Wildman–Crippen LogP) is 4.93. The zero-order valence-corrected chi connectivity index (χ0v) is 15.1. The van der Waals surface area contributed by atoms with Gasteiger partial charge in [-0.2, -0.15) is 0 Å². The van der Waals surface area contributed by atoms with Gasteiger partial charge in [-0.15, -0.1) is 0 Å². The first-order valence-electron chi connectivity index (χ1n) is 8.47. The van der Waals surface area contributed by atoms with Crippen molar-refractivity contribution in [3.63, 3.8) is 0 Å². The van der Waals surface area contributed by atoms with Crippen molar-refractivity contribution in [2.75, 3.05) is 0 Å². The molecule has 22 heavy (non-hydrogen) atoms. The first-order chi connectivity index (χ1) is 10.0. The maximum Gasteiger partial charge on any atom is 0.461 e. The monoisotopic (exact) mass is 300 g/mol. The van der Waals surface area contributed by atoms with E-state index in [-0.39, 0.29) is 23.7 Å². The molecule has 2 atom stereocenters. The summed E-state index contributed by atoms with van der Waals surface area (Å²) in [6.07, 6.45) is 1.17. The van der Waals surface area contributed by atoms with Gasteiger partial charge in [0.15, 0.2) is 0 Å².